The number of aliphatic hydroxyl groups is 2. The van der Waals surface area contributed by atoms with Gasteiger partial charge in [0.1, 0.15) is 0 Å². The van der Waals surface area contributed by atoms with Crippen LogP contribution in [-0.4, -0.2) is 48.7 Å². The van der Waals surface area contributed by atoms with Gasteiger partial charge in [-0.25, -0.2) is 0 Å². The monoisotopic (exact) mass is 191 g/mol. The van der Waals surface area contributed by atoms with E-state index in [-0.39, 0.29) is 19.3 Å². The van der Waals surface area contributed by atoms with E-state index in [0.29, 0.717) is 6.61 Å². The van der Waals surface area contributed by atoms with Gasteiger partial charge in [-0.05, 0) is 20.3 Å². The highest BCUT2D eigenvalue weighted by Gasteiger charge is 2.23. The summed E-state index contributed by atoms with van der Waals surface area (Å²) in [6.45, 7) is 4.33. The van der Waals surface area contributed by atoms with Gasteiger partial charge in [-0.1, -0.05) is 0 Å². The van der Waals surface area contributed by atoms with Crippen molar-refractivity contribution in [3.8, 4) is 0 Å². The van der Waals surface area contributed by atoms with Gasteiger partial charge in [-0.3, -0.25) is 0 Å². The molecule has 3 N–H and O–H groups in total. The highest BCUT2D eigenvalue weighted by atomic mass is 16.5. The fourth-order valence-corrected chi connectivity index (χ4v) is 1.10. The van der Waals surface area contributed by atoms with Crippen molar-refractivity contribution in [2.45, 2.75) is 31.8 Å². The zero-order valence-electron chi connectivity index (χ0n) is 8.71. The molecule has 4 heteroatoms. The molecule has 1 unspecified atom stereocenters. The molecule has 0 aromatic heterocycles. The lowest BCUT2D eigenvalue weighted by atomic mass is 10.0. The number of nitrogens with one attached hydrogen (secondary N) is 1. The molecular formula is C9H21NO3. The van der Waals surface area contributed by atoms with Gasteiger partial charge in [0.25, 0.3) is 0 Å². The molecule has 0 saturated carbocycles. The van der Waals surface area contributed by atoms with E-state index in [9.17, 15) is 0 Å². The summed E-state index contributed by atoms with van der Waals surface area (Å²) < 4.78 is 4.93. The summed E-state index contributed by atoms with van der Waals surface area (Å²) in [5, 5.41) is 21.2. The standard InChI is InChI=1S/C9H21NO3/c1-8(4-5-13-3)10-9(2,6-11)7-12/h8,10-12H,4-7H2,1-3H3. The maximum atomic E-state index is 9.01. The lowest BCUT2D eigenvalue weighted by molar-refractivity contribution is 0.0893. The average molecular weight is 191 g/mol. The molecule has 1 atom stereocenters. The number of methoxy groups -OCH3 is 1. The van der Waals surface area contributed by atoms with Gasteiger partial charge < -0.3 is 20.3 Å². The van der Waals surface area contributed by atoms with Crippen molar-refractivity contribution < 1.29 is 14.9 Å². The van der Waals surface area contributed by atoms with Crippen LogP contribution in [0.25, 0.3) is 0 Å². The molecule has 0 fully saturated rings. The largest absolute Gasteiger partial charge is 0.394 e. The molecule has 0 heterocycles. The molecule has 80 valence electrons. The fraction of sp³-hybridized carbons (Fsp3) is 1.00. The van der Waals surface area contributed by atoms with Gasteiger partial charge in [-0.2, -0.15) is 0 Å². The van der Waals surface area contributed by atoms with Gasteiger partial charge in [0, 0.05) is 19.8 Å². The predicted molar refractivity (Wildman–Crippen MR) is 51.7 cm³/mol. The lowest BCUT2D eigenvalue weighted by Gasteiger charge is -2.30. The normalized spacial score (nSPS) is 14.5. The van der Waals surface area contributed by atoms with Crippen LogP contribution in [0.2, 0.25) is 0 Å². The molecule has 0 aromatic carbocycles. The van der Waals surface area contributed by atoms with Gasteiger partial charge >= 0.3 is 0 Å². The fourth-order valence-electron chi connectivity index (χ4n) is 1.10. The first-order chi connectivity index (χ1) is 6.08. The quantitative estimate of drug-likeness (QED) is 0.519. The Bertz CT molecular complexity index is 126. The molecule has 0 aliphatic carbocycles. The summed E-state index contributed by atoms with van der Waals surface area (Å²) in [4.78, 5) is 0. The third-order valence-electron chi connectivity index (χ3n) is 2.05. The van der Waals surface area contributed by atoms with E-state index >= 15 is 0 Å². The number of aliphatic hydroxyl groups excluding tert-OH is 2. The summed E-state index contributed by atoms with van der Waals surface area (Å²) >= 11 is 0. The van der Waals surface area contributed by atoms with E-state index in [1.807, 2.05) is 6.92 Å². The summed E-state index contributed by atoms with van der Waals surface area (Å²) in [5.41, 5.74) is -0.590. The molecule has 0 aliphatic heterocycles. The first-order valence-electron chi connectivity index (χ1n) is 4.56. The summed E-state index contributed by atoms with van der Waals surface area (Å²) in [5.74, 6) is 0. The van der Waals surface area contributed by atoms with Crippen LogP contribution >= 0.6 is 0 Å². The van der Waals surface area contributed by atoms with Crippen LogP contribution in [0.3, 0.4) is 0 Å². The Kier molecular flexibility index (Phi) is 6.24. The molecule has 0 spiro atoms. The van der Waals surface area contributed by atoms with Gasteiger partial charge in [-0.15, -0.1) is 0 Å². The van der Waals surface area contributed by atoms with E-state index in [2.05, 4.69) is 5.32 Å². The second-order valence-electron chi connectivity index (χ2n) is 3.70. The molecule has 13 heavy (non-hydrogen) atoms. The van der Waals surface area contributed by atoms with Crippen molar-refractivity contribution in [3.63, 3.8) is 0 Å². The summed E-state index contributed by atoms with van der Waals surface area (Å²) in [6, 6.07) is 0.226. The van der Waals surface area contributed by atoms with E-state index in [1.54, 1.807) is 14.0 Å². The summed E-state index contributed by atoms with van der Waals surface area (Å²) in [6.07, 6.45) is 0.867. The van der Waals surface area contributed by atoms with Crippen molar-refractivity contribution in [3.05, 3.63) is 0 Å². The number of ether oxygens (including phenoxy) is 1. The first kappa shape index (κ1) is 12.8. The minimum absolute atomic E-state index is 0.0686. The highest BCUT2D eigenvalue weighted by Crippen LogP contribution is 2.04. The Hall–Kier alpha value is -0.160. The van der Waals surface area contributed by atoms with Gasteiger partial charge in [0.05, 0.1) is 18.8 Å². The minimum atomic E-state index is -0.590. The predicted octanol–water partition coefficient (Wildman–Crippen LogP) is -0.256. The number of hydrogen-bond donors (Lipinski definition) is 3. The van der Waals surface area contributed by atoms with E-state index in [4.69, 9.17) is 14.9 Å². The van der Waals surface area contributed by atoms with Crippen molar-refractivity contribution in [2.75, 3.05) is 26.9 Å². The first-order valence-corrected chi connectivity index (χ1v) is 4.56. The molecule has 0 amide bonds. The van der Waals surface area contributed by atoms with E-state index in [0.717, 1.165) is 6.42 Å². The third kappa shape index (κ3) is 5.21. The van der Waals surface area contributed by atoms with E-state index < -0.39 is 5.54 Å². The van der Waals surface area contributed by atoms with Crippen LogP contribution in [0.5, 0.6) is 0 Å². The Morgan fingerprint density at radius 2 is 1.92 bits per heavy atom. The Morgan fingerprint density at radius 3 is 2.31 bits per heavy atom. The molecular weight excluding hydrogens is 170 g/mol. The van der Waals surface area contributed by atoms with Crippen LogP contribution in [0.1, 0.15) is 20.3 Å². The molecule has 4 nitrogen and oxygen atoms in total. The third-order valence-corrected chi connectivity index (χ3v) is 2.05. The van der Waals surface area contributed by atoms with E-state index in [1.165, 1.54) is 0 Å². The van der Waals surface area contributed by atoms with Crippen molar-refractivity contribution in [2.24, 2.45) is 0 Å². The molecule has 0 bridgehead atoms. The van der Waals surface area contributed by atoms with Crippen molar-refractivity contribution in [1.29, 1.82) is 0 Å². The molecule has 0 aliphatic rings. The summed E-state index contributed by atoms with van der Waals surface area (Å²) in [7, 11) is 1.66. The average Bonchev–Trinajstić information content (AvgIpc) is 2.14. The Balaban J connectivity index is 3.79. The van der Waals surface area contributed by atoms with Crippen LogP contribution in [0.4, 0.5) is 0 Å². The van der Waals surface area contributed by atoms with Crippen molar-refractivity contribution in [1.82, 2.24) is 5.32 Å². The topological polar surface area (TPSA) is 61.7 Å². The zero-order chi connectivity index (χ0) is 10.3. The molecule has 0 saturated heterocycles. The van der Waals surface area contributed by atoms with Gasteiger partial charge in [0.2, 0.25) is 0 Å². The highest BCUT2D eigenvalue weighted by molar-refractivity contribution is 4.83. The Morgan fingerprint density at radius 1 is 1.38 bits per heavy atom. The Labute approximate surface area is 79.9 Å². The van der Waals surface area contributed by atoms with Gasteiger partial charge in [0.15, 0.2) is 0 Å². The SMILES string of the molecule is COCCC(C)NC(C)(CO)CO. The maximum absolute atomic E-state index is 9.01. The zero-order valence-corrected chi connectivity index (χ0v) is 8.71. The van der Waals surface area contributed by atoms with Crippen LogP contribution in [-0.2, 0) is 4.74 Å². The van der Waals surface area contributed by atoms with Crippen LogP contribution < -0.4 is 5.32 Å². The second kappa shape index (κ2) is 6.32. The molecule has 0 rings (SSSR count). The molecule has 0 radical (unpaired) electrons. The van der Waals surface area contributed by atoms with Crippen LogP contribution in [0.15, 0.2) is 0 Å². The number of hydrogen-bond acceptors (Lipinski definition) is 4. The maximum Gasteiger partial charge on any atom is 0.0633 e. The second-order valence-corrected chi connectivity index (χ2v) is 3.70. The number of rotatable bonds is 7. The smallest absolute Gasteiger partial charge is 0.0633 e. The van der Waals surface area contributed by atoms with Crippen molar-refractivity contribution >= 4 is 0 Å². The van der Waals surface area contributed by atoms with Crippen LogP contribution in [0, 0.1) is 0 Å². The minimum Gasteiger partial charge on any atom is -0.394 e. The molecule has 0 aromatic rings. The lowest BCUT2D eigenvalue weighted by Crippen LogP contribution is -2.52.